The normalized spacial score (nSPS) is 17.8. The van der Waals surface area contributed by atoms with Gasteiger partial charge in [-0.2, -0.15) is 0 Å². The van der Waals surface area contributed by atoms with Crippen molar-refractivity contribution in [1.82, 2.24) is 14.5 Å². The molecule has 0 aliphatic carbocycles. The SMILES string of the molecule is Cn1c(=O)[nH]c2c(N3CCCC(CC(C)(C)OC(N)=O)C3)c3ccccc3nc21. The van der Waals surface area contributed by atoms with E-state index in [1.54, 1.807) is 11.6 Å². The van der Waals surface area contributed by atoms with Crippen molar-refractivity contribution < 1.29 is 9.53 Å². The van der Waals surface area contributed by atoms with Gasteiger partial charge in [-0.15, -0.1) is 0 Å². The number of hydrogen-bond acceptors (Lipinski definition) is 5. The first-order valence-electron chi connectivity index (χ1n) is 9.96. The summed E-state index contributed by atoms with van der Waals surface area (Å²) in [6.07, 6.45) is 2.06. The number of amides is 1. The van der Waals surface area contributed by atoms with Crippen LogP contribution in [-0.2, 0) is 11.8 Å². The third kappa shape index (κ3) is 3.66. The van der Waals surface area contributed by atoms with Gasteiger partial charge in [0.05, 0.1) is 11.2 Å². The minimum atomic E-state index is -0.744. The van der Waals surface area contributed by atoms with E-state index in [0.29, 0.717) is 11.6 Å². The number of fused-ring (bicyclic) bond motifs is 2. The molecule has 4 rings (SSSR count). The van der Waals surface area contributed by atoms with Gasteiger partial charge in [0.1, 0.15) is 11.1 Å². The third-order valence-electron chi connectivity index (χ3n) is 5.69. The second-order valence-electron chi connectivity index (χ2n) is 8.50. The van der Waals surface area contributed by atoms with Gasteiger partial charge in [0.25, 0.3) is 0 Å². The zero-order chi connectivity index (χ0) is 20.8. The maximum Gasteiger partial charge on any atom is 0.405 e. The van der Waals surface area contributed by atoms with Crippen LogP contribution in [-0.4, -0.2) is 39.3 Å². The lowest BCUT2D eigenvalue weighted by atomic mass is 9.87. The van der Waals surface area contributed by atoms with Crippen LogP contribution in [0.1, 0.15) is 33.1 Å². The maximum atomic E-state index is 12.3. The summed E-state index contributed by atoms with van der Waals surface area (Å²) in [5.74, 6) is 0.343. The smallest absolute Gasteiger partial charge is 0.405 e. The zero-order valence-corrected chi connectivity index (χ0v) is 17.1. The number of H-pyrrole nitrogens is 1. The van der Waals surface area contributed by atoms with Gasteiger partial charge in [-0.05, 0) is 45.1 Å². The highest BCUT2D eigenvalue weighted by atomic mass is 16.6. The summed E-state index contributed by atoms with van der Waals surface area (Å²) in [4.78, 5) is 33.5. The van der Waals surface area contributed by atoms with E-state index in [9.17, 15) is 9.59 Å². The Labute approximate surface area is 168 Å². The fraction of sp³-hybridized carbons (Fsp3) is 0.476. The average molecular weight is 397 g/mol. The molecular formula is C21H27N5O3. The average Bonchev–Trinajstić information content (AvgIpc) is 2.92. The van der Waals surface area contributed by atoms with Crippen LogP contribution in [0.2, 0.25) is 0 Å². The number of anilines is 1. The number of hydrogen-bond donors (Lipinski definition) is 2. The Morgan fingerprint density at radius 1 is 1.38 bits per heavy atom. The largest absolute Gasteiger partial charge is 0.444 e. The molecule has 0 radical (unpaired) electrons. The number of carbonyl (C=O) groups excluding carboxylic acids is 1. The predicted octanol–water partition coefficient (Wildman–Crippen LogP) is 2.90. The van der Waals surface area contributed by atoms with Crippen LogP contribution in [0.5, 0.6) is 0 Å². The van der Waals surface area contributed by atoms with E-state index in [1.807, 2.05) is 38.1 Å². The molecular weight excluding hydrogens is 370 g/mol. The summed E-state index contributed by atoms with van der Waals surface area (Å²) >= 11 is 0. The lowest BCUT2D eigenvalue weighted by molar-refractivity contribution is 0.0248. The topological polar surface area (TPSA) is 106 Å². The van der Waals surface area contributed by atoms with E-state index < -0.39 is 11.7 Å². The van der Waals surface area contributed by atoms with Gasteiger partial charge in [0.2, 0.25) is 0 Å². The van der Waals surface area contributed by atoms with Crippen LogP contribution in [0.15, 0.2) is 29.1 Å². The fourth-order valence-electron chi connectivity index (χ4n) is 4.60. The van der Waals surface area contributed by atoms with Crippen LogP contribution in [0, 0.1) is 5.92 Å². The van der Waals surface area contributed by atoms with E-state index in [2.05, 4.69) is 9.88 Å². The van der Waals surface area contributed by atoms with Crippen molar-refractivity contribution in [3.05, 3.63) is 34.7 Å². The number of aromatic amines is 1. The standard InChI is InChI=1S/C21H27N5O3/c1-21(2,29-19(22)27)11-13-7-6-10-26(12-13)17-14-8-4-5-9-15(14)23-18-16(17)24-20(28)25(18)3/h4-5,8-9,13H,6-7,10-12H2,1-3H3,(H2,22,27)(H,24,28). The number of nitrogens with two attached hydrogens (primary N) is 1. The lowest BCUT2D eigenvalue weighted by Crippen LogP contribution is -2.40. The second kappa shape index (κ2) is 7.09. The molecule has 8 heteroatoms. The van der Waals surface area contributed by atoms with E-state index in [-0.39, 0.29) is 5.69 Å². The number of imidazole rings is 1. The molecule has 3 heterocycles. The number of aryl methyl sites for hydroxylation is 1. The van der Waals surface area contributed by atoms with Crippen molar-refractivity contribution in [2.45, 2.75) is 38.7 Å². The van der Waals surface area contributed by atoms with Gasteiger partial charge < -0.3 is 20.4 Å². The minimum Gasteiger partial charge on any atom is -0.444 e. The Bertz CT molecular complexity index is 1130. The first kappa shape index (κ1) is 19.3. The summed E-state index contributed by atoms with van der Waals surface area (Å²) in [6.45, 7) is 5.50. The molecule has 0 spiro atoms. The molecule has 0 saturated carbocycles. The molecule has 1 atom stereocenters. The molecule has 2 aromatic heterocycles. The number of para-hydroxylation sites is 1. The van der Waals surface area contributed by atoms with E-state index >= 15 is 0 Å². The van der Waals surface area contributed by atoms with Gasteiger partial charge >= 0.3 is 11.8 Å². The van der Waals surface area contributed by atoms with Crippen molar-refractivity contribution in [3.8, 4) is 0 Å². The Kier molecular flexibility index (Phi) is 4.72. The number of nitrogens with zero attached hydrogens (tertiary/aromatic N) is 3. The van der Waals surface area contributed by atoms with E-state index in [4.69, 9.17) is 15.5 Å². The molecule has 1 saturated heterocycles. The molecule has 0 bridgehead atoms. The summed E-state index contributed by atoms with van der Waals surface area (Å²) < 4.78 is 6.85. The van der Waals surface area contributed by atoms with Crippen molar-refractivity contribution >= 4 is 33.8 Å². The summed E-state index contributed by atoms with van der Waals surface area (Å²) in [6, 6.07) is 7.97. The molecule has 1 aromatic carbocycles. The van der Waals surface area contributed by atoms with Crippen LogP contribution in [0.3, 0.4) is 0 Å². The van der Waals surface area contributed by atoms with Crippen LogP contribution < -0.4 is 16.3 Å². The van der Waals surface area contributed by atoms with E-state index in [0.717, 1.165) is 54.5 Å². The van der Waals surface area contributed by atoms with Gasteiger partial charge in [-0.1, -0.05) is 18.2 Å². The van der Waals surface area contributed by atoms with Gasteiger partial charge in [0, 0.05) is 25.5 Å². The van der Waals surface area contributed by atoms with Gasteiger partial charge in [-0.25, -0.2) is 14.6 Å². The molecule has 1 unspecified atom stereocenters. The predicted molar refractivity (Wildman–Crippen MR) is 113 cm³/mol. The van der Waals surface area contributed by atoms with Crippen LogP contribution in [0.4, 0.5) is 10.5 Å². The number of ether oxygens (including phenoxy) is 1. The highest BCUT2D eigenvalue weighted by Gasteiger charge is 2.31. The number of piperidine rings is 1. The van der Waals surface area contributed by atoms with Crippen molar-refractivity contribution in [2.24, 2.45) is 18.7 Å². The summed E-state index contributed by atoms with van der Waals surface area (Å²) in [5, 5.41) is 1.02. The molecule has 3 aromatic rings. The highest BCUT2D eigenvalue weighted by molar-refractivity contribution is 6.05. The number of pyridine rings is 1. The molecule has 3 N–H and O–H groups in total. The van der Waals surface area contributed by atoms with Crippen molar-refractivity contribution in [3.63, 3.8) is 0 Å². The van der Waals surface area contributed by atoms with Gasteiger partial charge in [0.15, 0.2) is 5.65 Å². The molecule has 1 fully saturated rings. The Hall–Kier alpha value is -3.03. The number of carbonyl (C=O) groups is 1. The van der Waals surface area contributed by atoms with Crippen LogP contribution >= 0.6 is 0 Å². The number of benzene rings is 1. The molecule has 1 aliphatic heterocycles. The fourth-order valence-corrected chi connectivity index (χ4v) is 4.60. The van der Waals surface area contributed by atoms with E-state index in [1.165, 1.54) is 0 Å². The molecule has 154 valence electrons. The number of nitrogens with one attached hydrogen (secondary N) is 1. The Balaban J connectivity index is 1.74. The molecule has 8 nitrogen and oxygen atoms in total. The second-order valence-corrected chi connectivity index (χ2v) is 8.50. The lowest BCUT2D eigenvalue weighted by Gasteiger charge is -2.38. The summed E-state index contributed by atoms with van der Waals surface area (Å²) in [7, 11) is 1.73. The number of primary amides is 1. The van der Waals surface area contributed by atoms with Crippen LogP contribution in [0.25, 0.3) is 22.1 Å². The molecule has 1 amide bonds. The first-order valence-corrected chi connectivity index (χ1v) is 9.96. The third-order valence-corrected chi connectivity index (χ3v) is 5.69. The molecule has 29 heavy (non-hydrogen) atoms. The van der Waals surface area contributed by atoms with Crippen molar-refractivity contribution in [2.75, 3.05) is 18.0 Å². The quantitative estimate of drug-likeness (QED) is 0.704. The number of rotatable bonds is 4. The summed E-state index contributed by atoms with van der Waals surface area (Å²) in [5.41, 5.74) is 7.75. The highest BCUT2D eigenvalue weighted by Crippen LogP contribution is 2.36. The number of aromatic nitrogens is 3. The van der Waals surface area contributed by atoms with Gasteiger partial charge in [-0.3, -0.25) is 4.57 Å². The molecule has 1 aliphatic rings. The monoisotopic (exact) mass is 397 g/mol. The minimum absolute atomic E-state index is 0.173. The Morgan fingerprint density at radius 3 is 2.90 bits per heavy atom. The maximum absolute atomic E-state index is 12.3. The Morgan fingerprint density at radius 2 is 2.14 bits per heavy atom. The first-order chi connectivity index (χ1) is 13.7. The van der Waals surface area contributed by atoms with Crippen molar-refractivity contribution in [1.29, 1.82) is 0 Å². The zero-order valence-electron chi connectivity index (χ0n) is 17.1.